The van der Waals surface area contributed by atoms with Gasteiger partial charge in [-0.3, -0.25) is 9.59 Å². The van der Waals surface area contributed by atoms with Crippen molar-refractivity contribution in [3.63, 3.8) is 0 Å². The van der Waals surface area contributed by atoms with Crippen LogP contribution in [-0.4, -0.2) is 26.1 Å². The molecule has 1 N–H and O–H groups in total. The van der Waals surface area contributed by atoms with Gasteiger partial charge < -0.3 is 5.11 Å². The molecule has 0 aromatic carbocycles. The van der Waals surface area contributed by atoms with Crippen molar-refractivity contribution in [2.24, 2.45) is 5.41 Å². The van der Waals surface area contributed by atoms with Gasteiger partial charge in [0, 0.05) is 4.88 Å². The minimum atomic E-state index is -1.06. The Kier molecular flexibility index (Phi) is 3.17. The maximum Gasteiger partial charge on any atom is 0.310 e. The molecule has 0 bridgehead atoms. The van der Waals surface area contributed by atoms with E-state index in [0.717, 1.165) is 15.1 Å². The fourth-order valence-corrected chi connectivity index (χ4v) is 2.71. The zero-order valence-electron chi connectivity index (χ0n) is 11.2. The maximum absolute atomic E-state index is 12.3. The van der Waals surface area contributed by atoms with Crippen molar-refractivity contribution >= 4 is 27.5 Å². The lowest BCUT2D eigenvalue weighted by Gasteiger charge is -2.18. The molecule has 2 rings (SSSR count). The summed E-state index contributed by atoms with van der Waals surface area (Å²) < 4.78 is 1.13. The number of aliphatic carboxylic acids is 1. The van der Waals surface area contributed by atoms with Crippen LogP contribution in [0.15, 0.2) is 4.79 Å². The van der Waals surface area contributed by atoms with E-state index in [-0.39, 0.29) is 12.1 Å². The van der Waals surface area contributed by atoms with Gasteiger partial charge in [0.25, 0.3) is 5.56 Å². The molecule has 102 valence electrons. The highest BCUT2D eigenvalue weighted by Crippen LogP contribution is 2.25. The van der Waals surface area contributed by atoms with E-state index in [0.29, 0.717) is 10.2 Å². The number of hydrogen-bond donors (Lipinski definition) is 1. The van der Waals surface area contributed by atoms with E-state index in [1.165, 1.54) is 11.3 Å². The van der Waals surface area contributed by atoms with Crippen molar-refractivity contribution in [2.45, 2.75) is 34.2 Å². The van der Waals surface area contributed by atoms with Gasteiger partial charge in [0.15, 0.2) is 4.83 Å². The highest BCUT2D eigenvalue weighted by molar-refractivity contribution is 7.18. The van der Waals surface area contributed by atoms with Crippen LogP contribution in [-0.2, 0) is 11.3 Å². The first-order valence-corrected chi connectivity index (χ1v) is 6.62. The molecule has 0 unspecified atom stereocenters. The van der Waals surface area contributed by atoms with Gasteiger partial charge in [-0.05, 0) is 33.3 Å². The lowest BCUT2D eigenvalue weighted by molar-refractivity contribution is -0.147. The van der Waals surface area contributed by atoms with Gasteiger partial charge in [-0.1, -0.05) is 5.21 Å². The summed E-state index contributed by atoms with van der Waals surface area (Å²) in [5, 5.41) is 17.5. The van der Waals surface area contributed by atoms with Gasteiger partial charge in [-0.25, -0.2) is 4.68 Å². The number of carboxylic acid groups (broad SMARTS) is 1. The Morgan fingerprint density at radius 2 is 2.05 bits per heavy atom. The van der Waals surface area contributed by atoms with E-state index in [4.69, 9.17) is 5.11 Å². The Balaban J connectivity index is 2.58. The third-order valence-corrected chi connectivity index (χ3v) is 4.27. The first-order chi connectivity index (χ1) is 8.74. The fraction of sp³-hybridized carbons (Fsp3) is 0.500. The van der Waals surface area contributed by atoms with Gasteiger partial charge in [-0.2, -0.15) is 0 Å². The topological polar surface area (TPSA) is 85.1 Å². The minimum Gasteiger partial charge on any atom is -0.481 e. The summed E-state index contributed by atoms with van der Waals surface area (Å²) in [5.41, 5.74) is -0.450. The zero-order chi connectivity index (χ0) is 14.4. The number of carbonyl (C=O) groups is 1. The molecule has 2 heterocycles. The summed E-state index contributed by atoms with van der Waals surface area (Å²) in [6.45, 7) is 6.90. The predicted molar refractivity (Wildman–Crippen MR) is 72.6 cm³/mol. The average Bonchev–Trinajstić information content (AvgIpc) is 2.59. The molecule has 2 aromatic rings. The molecule has 19 heavy (non-hydrogen) atoms. The van der Waals surface area contributed by atoms with Crippen molar-refractivity contribution in [3.8, 4) is 0 Å². The molecule has 0 spiro atoms. The van der Waals surface area contributed by atoms with Crippen LogP contribution in [0.25, 0.3) is 10.2 Å². The monoisotopic (exact) mass is 281 g/mol. The number of rotatable bonds is 3. The average molecular weight is 281 g/mol. The number of fused-ring (bicyclic) bond motifs is 1. The van der Waals surface area contributed by atoms with Crippen molar-refractivity contribution < 1.29 is 9.90 Å². The van der Waals surface area contributed by atoms with Gasteiger partial charge in [-0.15, -0.1) is 16.4 Å². The molecule has 0 saturated heterocycles. The Morgan fingerprint density at radius 3 is 2.63 bits per heavy atom. The molecular weight excluding hydrogens is 266 g/mol. The van der Waals surface area contributed by atoms with Crippen LogP contribution in [0, 0.1) is 19.3 Å². The van der Waals surface area contributed by atoms with Crippen LogP contribution in [0.3, 0.4) is 0 Å². The highest BCUT2D eigenvalue weighted by Gasteiger charge is 2.29. The Morgan fingerprint density at radius 1 is 1.42 bits per heavy atom. The number of aryl methyl sites for hydroxylation is 2. The van der Waals surface area contributed by atoms with Crippen LogP contribution in [0.4, 0.5) is 0 Å². The first kappa shape index (κ1) is 13.7. The minimum absolute atomic E-state index is 0.00155. The molecule has 0 saturated carbocycles. The molecule has 0 atom stereocenters. The highest BCUT2D eigenvalue weighted by atomic mass is 32.1. The van der Waals surface area contributed by atoms with E-state index in [2.05, 4.69) is 10.3 Å². The van der Waals surface area contributed by atoms with E-state index in [1.54, 1.807) is 13.8 Å². The van der Waals surface area contributed by atoms with E-state index < -0.39 is 11.4 Å². The second kappa shape index (κ2) is 4.41. The van der Waals surface area contributed by atoms with Gasteiger partial charge in [0.1, 0.15) is 0 Å². The van der Waals surface area contributed by atoms with Gasteiger partial charge >= 0.3 is 5.97 Å². The smallest absolute Gasteiger partial charge is 0.310 e. The molecule has 0 fully saturated rings. The van der Waals surface area contributed by atoms with Crippen molar-refractivity contribution in [2.75, 3.05) is 0 Å². The normalized spacial score (nSPS) is 12.0. The van der Waals surface area contributed by atoms with Crippen LogP contribution in [0.1, 0.15) is 24.3 Å². The maximum atomic E-state index is 12.3. The predicted octanol–water partition coefficient (Wildman–Crippen LogP) is 1.58. The zero-order valence-corrected chi connectivity index (χ0v) is 12.0. The first-order valence-electron chi connectivity index (χ1n) is 5.81. The molecule has 0 amide bonds. The molecule has 7 heteroatoms. The van der Waals surface area contributed by atoms with Crippen LogP contribution in [0.2, 0.25) is 0 Å². The molecule has 0 aliphatic heterocycles. The molecule has 6 nitrogen and oxygen atoms in total. The lowest BCUT2D eigenvalue weighted by Crippen LogP contribution is -2.35. The molecular formula is C12H15N3O3S. The van der Waals surface area contributed by atoms with E-state index >= 15 is 0 Å². The second-order valence-electron chi connectivity index (χ2n) is 5.20. The van der Waals surface area contributed by atoms with E-state index in [9.17, 15) is 9.59 Å². The van der Waals surface area contributed by atoms with Crippen LogP contribution in [0.5, 0.6) is 0 Å². The summed E-state index contributed by atoms with van der Waals surface area (Å²) in [4.78, 5) is 25.1. The molecule has 0 aliphatic carbocycles. The molecule has 2 aromatic heterocycles. The van der Waals surface area contributed by atoms with Gasteiger partial charge in [0.05, 0.1) is 17.3 Å². The largest absolute Gasteiger partial charge is 0.481 e. The summed E-state index contributed by atoms with van der Waals surface area (Å²) in [5.74, 6) is -0.973. The van der Waals surface area contributed by atoms with Crippen molar-refractivity contribution in [1.82, 2.24) is 15.0 Å². The number of nitrogens with zero attached hydrogens (tertiary/aromatic N) is 3. The lowest BCUT2D eigenvalue weighted by atomic mass is 9.94. The number of hydrogen-bond acceptors (Lipinski definition) is 5. The summed E-state index contributed by atoms with van der Waals surface area (Å²) >= 11 is 1.42. The van der Waals surface area contributed by atoms with Crippen LogP contribution >= 0.6 is 11.3 Å². The summed E-state index contributed by atoms with van der Waals surface area (Å²) in [6, 6.07) is 0. The number of thiophene rings is 1. The number of carboxylic acids is 1. The molecule has 0 aliphatic rings. The summed E-state index contributed by atoms with van der Waals surface area (Å²) in [7, 11) is 0. The SMILES string of the molecule is Cc1sc2nnn(CC(C)(C)C(=O)O)c(=O)c2c1C. The van der Waals surface area contributed by atoms with Crippen molar-refractivity contribution in [3.05, 3.63) is 20.8 Å². The van der Waals surface area contributed by atoms with Crippen molar-refractivity contribution in [1.29, 1.82) is 0 Å². The fourth-order valence-electron chi connectivity index (χ4n) is 1.74. The number of aromatic nitrogens is 3. The second-order valence-corrected chi connectivity index (χ2v) is 6.41. The Hall–Kier alpha value is -1.76. The Labute approximate surface area is 113 Å². The third kappa shape index (κ3) is 2.25. The summed E-state index contributed by atoms with van der Waals surface area (Å²) in [6.07, 6.45) is 0. The third-order valence-electron chi connectivity index (χ3n) is 3.18. The quantitative estimate of drug-likeness (QED) is 0.923. The molecule has 0 radical (unpaired) electrons. The Bertz CT molecular complexity index is 715. The van der Waals surface area contributed by atoms with Crippen LogP contribution < -0.4 is 5.56 Å². The van der Waals surface area contributed by atoms with Gasteiger partial charge in [0.2, 0.25) is 0 Å². The standard InChI is InChI=1S/C12H15N3O3S/c1-6-7(2)19-9-8(6)10(16)15(14-13-9)5-12(3,4)11(17)18/h5H2,1-4H3,(H,17,18). The van der Waals surface area contributed by atoms with E-state index in [1.807, 2.05) is 13.8 Å².